The zero-order chi connectivity index (χ0) is 10.4. The molecule has 0 saturated heterocycles. The minimum Gasteiger partial charge on any atom is -0.361 e. The average molecular weight is 222 g/mol. The summed E-state index contributed by atoms with van der Waals surface area (Å²) in [6.45, 7) is 6.02. The van der Waals surface area contributed by atoms with Gasteiger partial charge in [0.25, 0.3) is 0 Å². The first-order chi connectivity index (χ1) is 5.91. The first kappa shape index (κ1) is 12.8. The van der Waals surface area contributed by atoms with Crippen molar-refractivity contribution in [2.24, 2.45) is 0 Å². The maximum Gasteiger partial charge on any atom is 0.166 e. The normalized spacial score (nSPS) is 15.2. The van der Waals surface area contributed by atoms with Gasteiger partial charge in [-0.1, -0.05) is 0 Å². The molecule has 0 spiro atoms. The Morgan fingerprint density at radius 2 is 1.92 bits per heavy atom. The van der Waals surface area contributed by atoms with Crippen molar-refractivity contribution in [3.63, 3.8) is 0 Å². The van der Waals surface area contributed by atoms with Gasteiger partial charge in [-0.2, -0.15) is 0 Å². The molecule has 0 aliphatic heterocycles. The van der Waals surface area contributed by atoms with Gasteiger partial charge in [0.15, 0.2) is 5.11 Å². The van der Waals surface area contributed by atoms with Crippen LogP contribution in [-0.2, 0) is 10.8 Å². The molecule has 0 bridgehead atoms. The van der Waals surface area contributed by atoms with Crippen LogP contribution in [0.4, 0.5) is 0 Å². The molecule has 0 aromatic rings. The Bertz CT molecular complexity index is 195. The number of thiocarbonyl (C=S) groups is 1. The SMILES string of the molecule is CC(C)NC(=S)NC(C)CS(C)=O. The van der Waals surface area contributed by atoms with E-state index < -0.39 is 10.8 Å². The molecule has 78 valence electrons. The Labute approximate surface area is 88.1 Å². The van der Waals surface area contributed by atoms with Gasteiger partial charge in [0.05, 0.1) is 0 Å². The molecule has 5 heteroatoms. The molecule has 0 amide bonds. The third-order valence-electron chi connectivity index (χ3n) is 1.28. The van der Waals surface area contributed by atoms with E-state index in [1.165, 1.54) is 0 Å². The van der Waals surface area contributed by atoms with Gasteiger partial charge in [0.1, 0.15) is 0 Å². The van der Waals surface area contributed by atoms with Gasteiger partial charge in [-0.05, 0) is 33.0 Å². The Kier molecular flexibility index (Phi) is 6.24. The lowest BCUT2D eigenvalue weighted by Crippen LogP contribution is -2.45. The Balaban J connectivity index is 3.71. The van der Waals surface area contributed by atoms with E-state index in [0.29, 0.717) is 16.9 Å². The molecule has 0 rings (SSSR count). The number of rotatable bonds is 4. The molecule has 2 N–H and O–H groups in total. The molecule has 13 heavy (non-hydrogen) atoms. The van der Waals surface area contributed by atoms with Gasteiger partial charge >= 0.3 is 0 Å². The lowest BCUT2D eigenvalue weighted by Gasteiger charge is -2.17. The van der Waals surface area contributed by atoms with Crippen LogP contribution in [0.3, 0.4) is 0 Å². The van der Waals surface area contributed by atoms with E-state index in [2.05, 4.69) is 10.6 Å². The summed E-state index contributed by atoms with van der Waals surface area (Å²) in [5.41, 5.74) is 0. The van der Waals surface area contributed by atoms with Crippen molar-refractivity contribution in [3.05, 3.63) is 0 Å². The standard InChI is InChI=1S/C8H18N2OS2/c1-6(2)9-8(12)10-7(3)5-13(4)11/h6-7H,5H2,1-4H3,(H2,9,10,12). The number of hydrogen-bond acceptors (Lipinski definition) is 2. The van der Waals surface area contributed by atoms with Gasteiger partial charge in [0.2, 0.25) is 0 Å². The summed E-state index contributed by atoms with van der Waals surface area (Å²) in [5, 5.41) is 6.77. The Morgan fingerprint density at radius 1 is 1.38 bits per heavy atom. The van der Waals surface area contributed by atoms with Crippen molar-refractivity contribution in [2.45, 2.75) is 32.9 Å². The van der Waals surface area contributed by atoms with Crippen LogP contribution in [0.5, 0.6) is 0 Å². The molecule has 0 radical (unpaired) electrons. The Morgan fingerprint density at radius 3 is 2.31 bits per heavy atom. The molecule has 0 aliphatic rings. The Hall–Kier alpha value is -0.160. The predicted molar refractivity (Wildman–Crippen MR) is 62.4 cm³/mol. The summed E-state index contributed by atoms with van der Waals surface area (Å²) in [6.07, 6.45) is 1.69. The summed E-state index contributed by atoms with van der Waals surface area (Å²) < 4.78 is 10.9. The minimum absolute atomic E-state index is 0.157. The molecule has 0 fully saturated rings. The summed E-state index contributed by atoms with van der Waals surface area (Å²) in [5.74, 6) is 0.625. The van der Waals surface area contributed by atoms with Crippen molar-refractivity contribution in [2.75, 3.05) is 12.0 Å². The van der Waals surface area contributed by atoms with Gasteiger partial charge in [-0.3, -0.25) is 4.21 Å². The molecule has 3 nitrogen and oxygen atoms in total. The molecule has 0 aliphatic carbocycles. The van der Waals surface area contributed by atoms with Crippen molar-refractivity contribution >= 4 is 28.1 Å². The van der Waals surface area contributed by atoms with Crippen LogP contribution >= 0.6 is 12.2 Å². The second kappa shape index (κ2) is 6.32. The van der Waals surface area contributed by atoms with Crippen LogP contribution in [0.25, 0.3) is 0 Å². The average Bonchev–Trinajstić information content (AvgIpc) is 1.80. The predicted octanol–water partition coefficient (Wildman–Crippen LogP) is 0.626. The molecular formula is C8H18N2OS2. The zero-order valence-electron chi connectivity index (χ0n) is 8.59. The highest BCUT2D eigenvalue weighted by molar-refractivity contribution is 7.84. The molecular weight excluding hydrogens is 204 g/mol. The molecule has 0 heterocycles. The first-order valence-corrected chi connectivity index (χ1v) is 6.42. The summed E-state index contributed by atoms with van der Waals surface area (Å²) in [7, 11) is -0.775. The lowest BCUT2D eigenvalue weighted by molar-refractivity contribution is 0.657. The van der Waals surface area contributed by atoms with Crippen LogP contribution in [0, 0.1) is 0 Å². The third-order valence-corrected chi connectivity index (χ3v) is 2.49. The van der Waals surface area contributed by atoms with Crippen LogP contribution in [0.15, 0.2) is 0 Å². The highest BCUT2D eigenvalue weighted by Crippen LogP contribution is 1.86. The molecule has 2 atom stereocenters. The van der Waals surface area contributed by atoms with Crippen molar-refractivity contribution < 1.29 is 4.21 Å². The van der Waals surface area contributed by atoms with E-state index in [-0.39, 0.29) is 6.04 Å². The lowest BCUT2D eigenvalue weighted by atomic mass is 10.4. The van der Waals surface area contributed by atoms with E-state index >= 15 is 0 Å². The molecule has 0 saturated carbocycles. The second-order valence-electron chi connectivity index (χ2n) is 3.41. The molecule has 2 unspecified atom stereocenters. The van der Waals surface area contributed by atoms with E-state index in [9.17, 15) is 4.21 Å². The third kappa shape index (κ3) is 8.18. The fourth-order valence-electron chi connectivity index (χ4n) is 0.921. The molecule has 0 aromatic heterocycles. The summed E-state index contributed by atoms with van der Waals surface area (Å²) in [4.78, 5) is 0. The van der Waals surface area contributed by atoms with Crippen LogP contribution in [-0.4, -0.2) is 33.4 Å². The smallest absolute Gasteiger partial charge is 0.166 e. The van der Waals surface area contributed by atoms with E-state index in [0.717, 1.165) is 0 Å². The maximum atomic E-state index is 10.9. The largest absolute Gasteiger partial charge is 0.361 e. The molecule has 0 aromatic carbocycles. The van der Waals surface area contributed by atoms with Crippen LogP contribution in [0.1, 0.15) is 20.8 Å². The number of nitrogens with one attached hydrogen (secondary N) is 2. The van der Waals surface area contributed by atoms with Crippen molar-refractivity contribution in [3.8, 4) is 0 Å². The number of hydrogen-bond donors (Lipinski definition) is 2. The van der Waals surface area contributed by atoms with Gasteiger partial charge in [-0.15, -0.1) is 0 Å². The topological polar surface area (TPSA) is 41.1 Å². The van der Waals surface area contributed by atoms with Gasteiger partial charge in [0, 0.05) is 34.9 Å². The van der Waals surface area contributed by atoms with Gasteiger partial charge < -0.3 is 10.6 Å². The highest BCUT2D eigenvalue weighted by Gasteiger charge is 2.06. The quantitative estimate of drug-likeness (QED) is 0.685. The fourth-order valence-corrected chi connectivity index (χ4v) is 2.15. The van der Waals surface area contributed by atoms with E-state index in [1.54, 1.807) is 6.26 Å². The van der Waals surface area contributed by atoms with Crippen molar-refractivity contribution in [1.82, 2.24) is 10.6 Å². The van der Waals surface area contributed by atoms with Crippen LogP contribution < -0.4 is 10.6 Å². The summed E-state index contributed by atoms with van der Waals surface area (Å²) >= 11 is 5.04. The fraction of sp³-hybridized carbons (Fsp3) is 0.875. The minimum atomic E-state index is -0.775. The zero-order valence-corrected chi connectivity index (χ0v) is 10.2. The second-order valence-corrected chi connectivity index (χ2v) is 5.30. The first-order valence-electron chi connectivity index (χ1n) is 4.29. The van der Waals surface area contributed by atoms with Crippen LogP contribution in [0.2, 0.25) is 0 Å². The monoisotopic (exact) mass is 222 g/mol. The maximum absolute atomic E-state index is 10.9. The van der Waals surface area contributed by atoms with Gasteiger partial charge in [-0.25, -0.2) is 0 Å². The highest BCUT2D eigenvalue weighted by atomic mass is 32.2. The van der Waals surface area contributed by atoms with E-state index in [1.807, 2.05) is 20.8 Å². The van der Waals surface area contributed by atoms with E-state index in [4.69, 9.17) is 12.2 Å². The summed E-state index contributed by atoms with van der Waals surface area (Å²) in [6, 6.07) is 0.490. The van der Waals surface area contributed by atoms with Crippen molar-refractivity contribution in [1.29, 1.82) is 0 Å².